The Labute approximate surface area is 106 Å². The van der Waals surface area contributed by atoms with Gasteiger partial charge >= 0.3 is 0 Å². The largest absolute Gasteiger partial charge is 0.230 e. The first-order valence-corrected chi connectivity index (χ1v) is 6.18. The van der Waals surface area contributed by atoms with E-state index < -0.39 is 0 Å². The molecule has 3 rings (SSSR count). The zero-order valence-electron chi connectivity index (χ0n) is 10.0. The van der Waals surface area contributed by atoms with Crippen molar-refractivity contribution in [1.82, 2.24) is 0 Å². The van der Waals surface area contributed by atoms with E-state index in [0.717, 1.165) is 18.4 Å². The number of hydrogen-bond donors (Lipinski definition) is 0. The van der Waals surface area contributed by atoms with Crippen LogP contribution >= 0.6 is 0 Å². The smallest absolute Gasteiger partial charge is 0.125 e. The summed E-state index contributed by atoms with van der Waals surface area (Å²) < 4.78 is 0. The van der Waals surface area contributed by atoms with Gasteiger partial charge in [-0.25, -0.2) is 19.6 Å². The highest BCUT2D eigenvalue weighted by Crippen LogP contribution is 2.35. The number of benzene rings is 1. The molecule has 0 bridgehead atoms. The lowest BCUT2D eigenvalue weighted by atomic mass is 9.99. The third-order valence-corrected chi connectivity index (χ3v) is 3.36. The van der Waals surface area contributed by atoms with Crippen LogP contribution in [0.5, 0.6) is 0 Å². The van der Waals surface area contributed by atoms with Crippen LogP contribution < -0.4 is 0 Å². The molecule has 4 nitrogen and oxygen atoms in total. The minimum Gasteiger partial charge on any atom is -0.230 e. The first-order valence-electron chi connectivity index (χ1n) is 6.18. The Hall–Kier alpha value is -1.20. The highest BCUT2D eigenvalue weighted by Gasteiger charge is 2.40. The van der Waals surface area contributed by atoms with Crippen molar-refractivity contribution in [2.24, 2.45) is 0 Å². The Morgan fingerprint density at radius 1 is 0.944 bits per heavy atom. The van der Waals surface area contributed by atoms with Gasteiger partial charge in [-0.3, -0.25) is 0 Å². The van der Waals surface area contributed by atoms with Gasteiger partial charge in [-0.05, 0) is 5.56 Å². The molecule has 1 aromatic rings. The van der Waals surface area contributed by atoms with Crippen molar-refractivity contribution < 1.29 is 19.6 Å². The van der Waals surface area contributed by atoms with Crippen LogP contribution in [0.25, 0.3) is 0 Å². The molecular weight excluding hydrogens is 232 g/mol. The van der Waals surface area contributed by atoms with Crippen LogP contribution in [0.2, 0.25) is 0 Å². The fraction of sp³-hybridized carbons (Fsp3) is 0.429. The Morgan fingerprint density at radius 2 is 1.67 bits per heavy atom. The Balaban J connectivity index is 1.61. The molecule has 2 fully saturated rings. The van der Waals surface area contributed by atoms with Crippen molar-refractivity contribution in [1.29, 1.82) is 0 Å². The molecule has 0 unspecified atom stereocenters. The molecule has 0 saturated carbocycles. The lowest BCUT2D eigenvalue weighted by Gasteiger charge is -2.11. The average molecular weight is 248 g/mol. The molecule has 2 heterocycles. The topological polar surface area (TPSA) is 36.9 Å². The summed E-state index contributed by atoms with van der Waals surface area (Å²) in [5.41, 5.74) is 1.12. The maximum atomic E-state index is 5.37. The van der Waals surface area contributed by atoms with E-state index in [-0.39, 0.29) is 24.4 Å². The fourth-order valence-corrected chi connectivity index (χ4v) is 2.30. The second kappa shape index (κ2) is 5.20. The zero-order chi connectivity index (χ0) is 12.4. The minimum absolute atomic E-state index is 0.0254. The molecule has 2 aliphatic rings. The second-order valence-electron chi connectivity index (χ2n) is 4.61. The molecule has 0 radical (unpaired) electrons. The van der Waals surface area contributed by atoms with Gasteiger partial charge in [-0.1, -0.05) is 36.4 Å². The van der Waals surface area contributed by atoms with Crippen LogP contribution in [-0.2, 0) is 19.6 Å². The Bertz CT molecular complexity index is 406. The van der Waals surface area contributed by atoms with Crippen molar-refractivity contribution in [3.8, 4) is 0 Å². The number of rotatable bonds is 3. The molecule has 0 spiro atoms. The van der Waals surface area contributed by atoms with Gasteiger partial charge < -0.3 is 0 Å². The summed E-state index contributed by atoms with van der Waals surface area (Å²) >= 11 is 0. The summed E-state index contributed by atoms with van der Waals surface area (Å²) in [6.07, 6.45) is 3.05. The average Bonchev–Trinajstić information content (AvgIpc) is 3.08. The van der Waals surface area contributed by atoms with Crippen LogP contribution in [0, 0.1) is 0 Å². The van der Waals surface area contributed by atoms with Crippen molar-refractivity contribution in [2.75, 3.05) is 0 Å². The van der Waals surface area contributed by atoms with E-state index in [4.69, 9.17) is 19.6 Å². The van der Waals surface area contributed by atoms with Gasteiger partial charge in [0, 0.05) is 12.8 Å². The summed E-state index contributed by atoms with van der Waals surface area (Å²) in [7, 11) is 0. The molecule has 2 aliphatic heterocycles. The molecule has 1 aromatic carbocycles. The maximum absolute atomic E-state index is 5.37. The SMILES string of the molecule is C=C[C@H]1C[C@@H]([C@@H]2C[C@H](c3ccccc3)OO2)OO1. The third-order valence-electron chi connectivity index (χ3n) is 3.36. The monoisotopic (exact) mass is 248 g/mol. The highest BCUT2D eigenvalue weighted by atomic mass is 17.2. The van der Waals surface area contributed by atoms with Gasteiger partial charge in [0.25, 0.3) is 0 Å². The molecule has 18 heavy (non-hydrogen) atoms. The standard InChI is InChI=1S/C14H16O4/c1-2-11-8-13(17-15-11)14-9-12(16-18-14)10-6-4-3-5-7-10/h2-7,11-14H,1,8-9H2/t11-,12+,13-,14-/m0/s1. The third kappa shape index (κ3) is 2.33. The molecule has 2 saturated heterocycles. The molecule has 4 heteroatoms. The first-order chi connectivity index (χ1) is 8.86. The van der Waals surface area contributed by atoms with Crippen molar-refractivity contribution >= 4 is 0 Å². The normalized spacial score (nSPS) is 35.8. The fourth-order valence-electron chi connectivity index (χ4n) is 2.30. The van der Waals surface area contributed by atoms with E-state index >= 15 is 0 Å². The van der Waals surface area contributed by atoms with E-state index in [1.165, 1.54) is 0 Å². The van der Waals surface area contributed by atoms with Crippen molar-refractivity contribution in [3.05, 3.63) is 48.6 Å². The molecule has 96 valence electrons. The summed E-state index contributed by atoms with van der Waals surface area (Å²) in [5, 5.41) is 0. The molecule has 4 atom stereocenters. The predicted octanol–water partition coefficient (Wildman–Crippen LogP) is 2.72. The van der Waals surface area contributed by atoms with E-state index in [1.54, 1.807) is 6.08 Å². The van der Waals surface area contributed by atoms with E-state index in [2.05, 4.69) is 6.58 Å². The quantitative estimate of drug-likeness (QED) is 0.609. The summed E-state index contributed by atoms with van der Waals surface area (Å²) in [6.45, 7) is 3.69. The predicted molar refractivity (Wildman–Crippen MR) is 64.3 cm³/mol. The molecular formula is C14H16O4. The summed E-state index contributed by atoms with van der Waals surface area (Å²) in [4.78, 5) is 21.1. The molecule has 0 N–H and O–H groups in total. The van der Waals surface area contributed by atoms with Crippen LogP contribution in [0.1, 0.15) is 24.5 Å². The van der Waals surface area contributed by atoms with E-state index in [0.29, 0.717) is 0 Å². The second-order valence-corrected chi connectivity index (χ2v) is 4.61. The van der Waals surface area contributed by atoms with Gasteiger partial charge in [0.15, 0.2) is 0 Å². The van der Waals surface area contributed by atoms with Crippen LogP contribution in [0.4, 0.5) is 0 Å². The van der Waals surface area contributed by atoms with Crippen molar-refractivity contribution in [3.63, 3.8) is 0 Å². The summed E-state index contributed by atoms with van der Waals surface area (Å²) in [6, 6.07) is 10.0. The first kappa shape index (κ1) is 11.9. The van der Waals surface area contributed by atoms with Crippen LogP contribution in [-0.4, -0.2) is 18.3 Å². The van der Waals surface area contributed by atoms with Gasteiger partial charge in [-0.15, -0.1) is 6.58 Å². The van der Waals surface area contributed by atoms with Gasteiger partial charge in [-0.2, -0.15) is 0 Å². The van der Waals surface area contributed by atoms with Crippen LogP contribution in [0.3, 0.4) is 0 Å². The Morgan fingerprint density at radius 3 is 2.39 bits per heavy atom. The number of hydrogen-bond acceptors (Lipinski definition) is 4. The lowest BCUT2D eigenvalue weighted by Crippen LogP contribution is -2.24. The zero-order valence-corrected chi connectivity index (χ0v) is 10.0. The van der Waals surface area contributed by atoms with Crippen molar-refractivity contribution in [2.45, 2.75) is 37.3 Å². The minimum atomic E-state index is -0.0832. The lowest BCUT2D eigenvalue weighted by molar-refractivity contribution is -0.346. The van der Waals surface area contributed by atoms with Gasteiger partial charge in [0.05, 0.1) is 0 Å². The summed E-state index contributed by atoms with van der Waals surface area (Å²) in [5.74, 6) is 0. The van der Waals surface area contributed by atoms with E-state index in [9.17, 15) is 0 Å². The molecule has 0 aromatic heterocycles. The van der Waals surface area contributed by atoms with E-state index in [1.807, 2.05) is 30.3 Å². The molecule has 0 aliphatic carbocycles. The molecule has 0 amide bonds. The van der Waals surface area contributed by atoms with Gasteiger partial charge in [0.2, 0.25) is 0 Å². The van der Waals surface area contributed by atoms with Crippen LogP contribution in [0.15, 0.2) is 43.0 Å². The Kier molecular flexibility index (Phi) is 3.43. The van der Waals surface area contributed by atoms with Gasteiger partial charge in [0.1, 0.15) is 24.4 Å². The highest BCUT2D eigenvalue weighted by molar-refractivity contribution is 5.18. The maximum Gasteiger partial charge on any atom is 0.125 e.